The fraction of sp³-hybridized carbons (Fsp3) is 0.541. The van der Waals surface area contributed by atoms with Crippen LogP contribution in [0.15, 0.2) is 60.7 Å². The molecule has 0 bridgehead atoms. The molecule has 0 N–H and O–H groups in total. The molecule has 48 heavy (non-hydrogen) atoms. The number of carbonyl (C=O) groups is 1. The van der Waals surface area contributed by atoms with E-state index in [1.165, 1.54) is 0 Å². The van der Waals surface area contributed by atoms with Gasteiger partial charge in [-0.1, -0.05) is 60.7 Å². The number of hydrogen-bond donors (Lipinski definition) is 0. The van der Waals surface area contributed by atoms with Crippen molar-refractivity contribution in [1.29, 1.82) is 0 Å². The lowest BCUT2D eigenvalue weighted by molar-refractivity contribution is -0.140. The Kier molecular flexibility index (Phi) is 20.6. The first-order valence-corrected chi connectivity index (χ1v) is 16.5. The largest absolute Gasteiger partial charge is 0.460 e. The van der Waals surface area contributed by atoms with Crippen LogP contribution in [0.25, 0.3) is 11.1 Å². The van der Waals surface area contributed by atoms with Gasteiger partial charge in [0.1, 0.15) is 6.61 Å². The summed E-state index contributed by atoms with van der Waals surface area (Å²) < 4.78 is 54.2. The average molecular weight is 673 g/mol. The first-order valence-electron chi connectivity index (χ1n) is 16.5. The van der Waals surface area contributed by atoms with Crippen molar-refractivity contribution in [3.63, 3.8) is 0 Å². The topological polar surface area (TPSA) is 109 Å². The molecule has 11 heteroatoms. The Balaban J connectivity index is 1.10. The van der Waals surface area contributed by atoms with Gasteiger partial charge in [-0.25, -0.2) is 4.79 Å². The first-order chi connectivity index (χ1) is 23.6. The highest BCUT2D eigenvalue weighted by atomic mass is 16.6. The fourth-order valence-corrected chi connectivity index (χ4v) is 4.68. The molecule has 1 aliphatic rings. The molecule has 0 heterocycles. The minimum absolute atomic E-state index is 0.136. The molecule has 3 rings (SSSR count). The van der Waals surface area contributed by atoms with Gasteiger partial charge in [0, 0.05) is 12.7 Å². The van der Waals surface area contributed by atoms with Crippen molar-refractivity contribution in [2.75, 3.05) is 126 Å². The normalized spacial score (nSPS) is 12.6. The van der Waals surface area contributed by atoms with Gasteiger partial charge in [-0.05, 0) is 29.2 Å². The Morgan fingerprint density at radius 3 is 1.31 bits per heavy atom. The molecule has 0 saturated carbocycles. The van der Waals surface area contributed by atoms with Crippen LogP contribution >= 0.6 is 0 Å². The van der Waals surface area contributed by atoms with Crippen molar-refractivity contribution >= 4 is 17.1 Å². The van der Waals surface area contributed by atoms with Gasteiger partial charge in [-0.3, -0.25) is 0 Å². The molecule has 0 saturated heterocycles. The summed E-state index contributed by atoms with van der Waals surface area (Å²) in [5.41, 5.74) is 6.07. The lowest BCUT2D eigenvalue weighted by Gasteiger charge is -2.11. The second-order valence-electron chi connectivity index (χ2n) is 10.7. The van der Waals surface area contributed by atoms with E-state index in [1.807, 2.05) is 55.5 Å². The van der Waals surface area contributed by atoms with Gasteiger partial charge >= 0.3 is 5.97 Å². The van der Waals surface area contributed by atoms with E-state index in [0.717, 1.165) is 27.8 Å². The SMILES string of the molecule is C=C1C(C(=O)OCCOCCOCCOCCOCCOCCOCCOCCOCCOC)=C(c2ccc(C)cc2)c2ccccc21. The number of carbonyl (C=O) groups excluding carboxylic acids is 1. The number of aryl methyl sites for hydroxylation is 1. The van der Waals surface area contributed by atoms with Gasteiger partial charge in [0.15, 0.2) is 0 Å². The van der Waals surface area contributed by atoms with Gasteiger partial charge in [0.2, 0.25) is 0 Å². The Hall–Kier alpha value is -2.97. The summed E-state index contributed by atoms with van der Waals surface area (Å²) in [6.07, 6.45) is 0. The summed E-state index contributed by atoms with van der Waals surface area (Å²) in [4.78, 5) is 13.2. The van der Waals surface area contributed by atoms with E-state index in [-0.39, 0.29) is 13.2 Å². The molecule has 266 valence electrons. The van der Waals surface area contributed by atoms with Crippen molar-refractivity contribution in [3.05, 3.63) is 82.9 Å². The molecule has 0 spiro atoms. The fourth-order valence-electron chi connectivity index (χ4n) is 4.68. The van der Waals surface area contributed by atoms with E-state index in [4.69, 9.17) is 47.4 Å². The Labute approximate surface area is 285 Å². The van der Waals surface area contributed by atoms with Crippen molar-refractivity contribution in [2.24, 2.45) is 0 Å². The maximum Gasteiger partial charge on any atom is 0.339 e. The molecule has 2 aromatic carbocycles. The van der Waals surface area contributed by atoms with Crippen LogP contribution in [0.4, 0.5) is 0 Å². The maximum absolute atomic E-state index is 13.2. The molecule has 11 nitrogen and oxygen atoms in total. The third-order valence-electron chi connectivity index (χ3n) is 7.11. The van der Waals surface area contributed by atoms with Crippen molar-refractivity contribution < 1.29 is 52.2 Å². The van der Waals surface area contributed by atoms with Crippen LogP contribution in [0.2, 0.25) is 0 Å². The lowest BCUT2D eigenvalue weighted by Crippen LogP contribution is -2.16. The van der Waals surface area contributed by atoms with E-state index in [1.54, 1.807) is 7.11 Å². The zero-order valence-electron chi connectivity index (χ0n) is 28.5. The van der Waals surface area contributed by atoms with Gasteiger partial charge < -0.3 is 47.4 Å². The van der Waals surface area contributed by atoms with Crippen LogP contribution in [-0.4, -0.2) is 132 Å². The number of ether oxygens (including phenoxy) is 10. The van der Waals surface area contributed by atoms with Crippen LogP contribution < -0.4 is 0 Å². The highest BCUT2D eigenvalue weighted by Gasteiger charge is 2.31. The van der Waals surface area contributed by atoms with Gasteiger partial charge in [0.05, 0.1) is 118 Å². The number of esters is 1. The molecule has 0 aromatic heterocycles. The Bertz CT molecular complexity index is 1210. The smallest absolute Gasteiger partial charge is 0.339 e. The molecule has 0 atom stereocenters. The quantitative estimate of drug-likeness (QED) is 0.0919. The molecule has 2 aromatic rings. The summed E-state index contributed by atoms with van der Waals surface area (Å²) in [5, 5.41) is 0. The molecule has 0 unspecified atom stereocenters. The van der Waals surface area contributed by atoms with Crippen molar-refractivity contribution in [1.82, 2.24) is 0 Å². The third-order valence-corrected chi connectivity index (χ3v) is 7.11. The van der Waals surface area contributed by atoms with Crippen LogP contribution in [-0.2, 0) is 52.2 Å². The third kappa shape index (κ3) is 15.1. The zero-order valence-corrected chi connectivity index (χ0v) is 28.5. The van der Waals surface area contributed by atoms with Gasteiger partial charge in [0.25, 0.3) is 0 Å². The number of methoxy groups -OCH3 is 1. The lowest BCUT2D eigenvalue weighted by atomic mass is 9.97. The van der Waals surface area contributed by atoms with Crippen LogP contribution in [0, 0.1) is 6.92 Å². The predicted molar refractivity (Wildman–Crippen MR) is 182 cm³/mol. The monoisotopic (exact) mass is 672 g/mol. The van der Waals surface area contributed by atoms with Crippen molar-refractivity contribution in [2.45, 2.75) is 6.92 Å². The van der Waals surface area contributed by atoms with Crippen molar-refractivity contribution in [3.8, 4) is 0 Å². The van der Waals surface area contributed by atoms with E-state index in [0.29, 0.717) is 117 Å². The summed E-state index contributed by atoms with van der Waals surface area (Å²) in [6, 6.07) is 16.0. The highest BCUT2D eigenvalue weighted by Crippen LogP contribution is 2.44. The molecule has 1 aliphatic carbocycles. The standard InChI is InChI=1S/C37H52O11/c1-30-8-10-32(11-9-30)36-34-7-5-4-6-33(34)31(2)35(36)37(38)48-29-28-47-27-26-46-25-24-45-23-22-44-21-20-43-19-18-42-17-16-41-15-14-40-13-12-39-3/h4-11H,2,12-29H2,1,3H3. The number of hydrogen-bond acceptors (Lipinski definition) is 11. The Morgan fingerprint density at radius 2 is 0.896 bits per heavy atom. The molecule has 0 aliphatic heterocycles. The summed E-state index contributed by atoms with van der Waals surface area (Å²) in [7, 11) is 1.64. The Morgan fingerprint density at radius 1 is 0.521 bits per heavy atom. The minimum atomic E-state index is -0.403. The average Bonchev–Trinajstić information content (AvgIpc) is 3.40. The molecular weight excluding hydrogens is 620 g/mol. The number of benzene rings is 2. The predicted octanol–water partition coefficient (Wildman–Crippen LogP) is 4.15. The van der Waals surface area contributed by atoms with E-state index >= 15 is 0 Å². The second-order valence-corrected chi connectivity index (χ2v) is 10.7. The van der Waals surface area contributed by atoms with E-state index in [9.17, 15) is 4.79 Å². The molecule has 0 fully saturated rings. The highest BCUT2D eigenvalue weighted by molar-refractivity contribution is 6.20. The zero-order chi connectivity index (χ0) is 34.1. The van der Waals surface area contributed by atoms with Crippen LogP contribution in [0.3, 0.4) is 0 Å². The van der Waals surface area contributed by atoms with E-state index < -0.39 is 5.97 Å². The minimum Gasteiger partial charge on any atom is -0.460 e. The van der Waals surface area contributed by atoms with Gasteiger partial charge in [-0.2, -0.15) is 0 Å². The first kappa shape index (κ1) is 39.5. The molecular formula is C37H52O11. The molecule has 0 radical (unpaired) electrons. The van der Waals surface area contributed by atoms with Crippen LogP contribution in [0.5, 0.6) is 0 Å². The molecule has 0 amide bonds. The summed E-state index contributed by atoms with van der Waals surface area (Å²) >= 11 is 0. The summed E-state index contributed by atoms with van der Waals surface area (Å²) in [6.45, 7) is 14.6. The van der Waals surface area contributed by atoms with Gasteiger partial charge in [-0.15, -0.1) is 0 Å². The van der Waals surface area contributed by atoms with E-state index in [2.05, 4.69) is 6.58 Å². The maximum atomic E-state index is 13.2. The second kappa shape index (κ2) is 25.1. The number of fused-ring (bicyclic) bond motifs is 1. The summed E-state index contributed by atoms with van der Waals surface area (Å²) in [5.74, 6) is -0.403. The van der Waals surface area contributed by atoms with Crippen LogP contribution in [0.1, 0.15) is 22.3 Å². The number of rotatable bonds is 29.